The summed E-state index contributed by atoms with van der Waals surface area (Å²) in [6, 6.07) is 5.76. The van der Waals surface area contributed by atoms with Gasteiger partial charge in [0.25, 0.3) is 0 Å². The third-order valence-electron chi connectivity index (χ3n) is 2.76. The predicted octanol–water partition coefficient (Wildman–Crippen LogP) is 3.18. The molecule has 1 atom stereocenters. The van der Waals surface area contributed by atoms with E-state index < -0.39 is 0 Å². The van der Waals surface area contributed by atoms with Crippen molar-refractivity contribution in [1.29, 1.82) is 0 Å². The SMILES string of the molecule is CCNC(COCCOC)Cc1c(Cl)cccc1Cl. The molecule has 0 bridgehead atoms. The highest BCUT2D eigenvalue weighted by molar-refractivity contribution is 6.35. The summed E-state index contributed by atoms with van der Waals surface area (Å²) in [4.78, 5) is 0. The third-order valence-corrected chi connectivity index (χ3v) is 3.46. The van der Waals surface area contributed by atoms with Crippen LogP contribution in [0.5, 0.6) is 0 Å². The third kappa shape index (κ3) is 6.11. The van der Waals surface area contributed by atoms with Crippen molar-refractivity contribution in [2.24, 2.45) is 0 Å². The highest BCUT2D eigenvalue weighted by Crippen LogP contribution is 2.25. The van der Waals surface area contributed by atoms with Crippen LogP contribution in [0.3, 0.4) is 0 Å². The minimum atomic E-state index is 0.194. The van der Waals surface area contributed by atoms with Gasteiger partial charge in [0.15, 0.2) is 0 Å². The fourth-order valence-electron chi connectivity index (χ4n) is 1.82. The van der Waals surface area contributed by atoms with Crippen molar-refractivity contribution < 1.29 is 9.47 Å². The van der Waals surface area contributed by atoms with Gasteiger partial charge in [-0.1, -0.05) is 36.2 Å². The molecule has 108 valence electrons. The van der Waals surface area contributed by atoms with Gasteiger partial charge in [-0.05, 0) is 30.7 Å². The molecule has 1 unspecified atom stereocenters. The molecule has 0 heterocycles. The number of nitrogens with one attached hydrogen (secondary N) is 1. The van der Waals surface area contributed by atoms with Crippen LogP contribution in [-0.2, 0) is 15.9 Å². The molecule has 1 aromatic rings. The summed E-state index contributed by atoms with van der Waals surface area (Å²) in [5.74, 6) is 0. The van der Waals surface area contributed by atoms with Gasteiger partial charge in [-0.25, -0.2) is 0 Å². The van der Waals surface area contributed by atoms with Gasteiger partial charge in [-0.3, -0.25) is 0 Å². The highest BCUT2D eigenvalue weighted by atomic mass is 35.5. The lowest BCUT2D eigenvalue weighted by molar-refractivity contribution is 0.0589. The monoisotopic (exact) mass is 305 g/mol. The molecule has 0 aliphatic rings. The van der Waals surface area contributed by atoms with Gasteiger partial charge in [0.05, 0.1) is 19.8 Å². The molecule has 0 aliphatic heterocycles. The summed E-state index contributed by atoms with van der Waals surface area (Å²) in [5.41, 5.74) is 0.965. The van der Waals surface area contributed by atoms with E-state index in [0.29, 0.717) is 29.9 Å². The Morgan fingerprint density at radius 1 is 1.21 bits per heavy atom. The first-order chi connectivity index (χ1) is 9.19. The molecular formula is C14H21Cl2NO2. The molecule has 1 rings (SSSR count). The lowest BCUT2D eigenvalue weighted by Crippen LogP contribution is -2.35. The van der Waals surface area contributed by atoms with E-state index in [1.54, 1.807) is 7.11 Å². The number of hydrogen-bond donors (Lipinski definition) is 1. The average Bonchev–Trinajstić information content (AvgIpc) is 2.39. The topological polar surface area (TPSA) is 30.5 Å². The van der Waals surface area contributed by atoms with Crippen molar-refractivity contribution in [2.45, 2.75) is 19.4 Å². The van der Waals surface area contributed by atoms with E-state index in [9.17, 15) is 0 Å². The van der Waals surface area contributed by atoms with Crippen molar-refractivity contribution in [2.75, 3.05) is 33.5 Å². The zero-order chi connectivity index (χ0) is 14.1. The van der Waals surface area contributed by atoms with E-state index in [0.717, 1.165) is 18.5 Å². The maximum absolute atomic E-state index is 6.18. The van der Waals surface area contributed by atoms with Gasteiger partial charge < -0.3 is 14.8 Å². The Balaban J connectivity index is 2.57. The van der Waals surface area contributed by atoms with Crippen molar-refractivity contribution in [3.8, 4) is 0 Å². The number of hydrogen-bond acceptors (Lipinski definition) is 3. The molecule has 0 saturated carbocycles. The summed E-state index contributed by atoms with van der Waals surface area (Å²) in [6.45, 7) is 4.75. The van der Waals surface area contributed by atoms with Gasteiger partial charge in [0.2, 0.25) is 0 Å². The van der Waals surface area contributed by atoms with E-state index in [2.05, 4.69) is 12.2 Å². The number of benzene rings is 1. The molecule has 5 heteroatoms. The Morgan fingerprint density at radius 3 is 2.47 bits per heavy atom. The minimum absolute atomic E-state index is 0.194. The molecule has 0 radical (unpaired) electrons. The normalized spacial score (nSPS) is 12.6. The van der Waals surface area contributed by atoms with E-state index in [-0.39, 0.29) is 6.04 Å². The maximum Gasteiger partial charge on any atom is 0.0701 e. The Bertz CT molecular complexity index is 354. The number of ether oxygens (including phenoxy) is 2. The van der Waals surface area contributed by atoms with Crippen molar-refractivity contribution in [1.82, 2.24) is 5.32 Å². The summed E-state index contributed by atoms with van der Waals surface area (Å²) in [6.07, 6.45) is 0.749. The fourth-order valence-corrected chi connectivity index (χ4v) is 2.37. The van der Waals surface area contributed by atoms with Crippen molar-refractivity contribution in [3.05, 3.63) is 33.8 Å². The Hall–Kier alpha value is -0.320. The van der Waals surface area contributed by atoms with Crippen LogP contribution in [0, 0.1) is 0 Å². The number of rotatable bonds is 9. The molecular weight excluding hydrogens is 285 g/mol. The summed E-state index contributed by atoms with van der Waals surface area (Å²) in [7, 11) is 1.66. The smallest absolute Gasteiger partial charge is 0.0701 e. The van der Waals surface area contributed by atoms with Crippen molar-refractivity contribution >= 4 is 23.2 Å². The fraction of sp³-hybridized carbons (Fsp3) is 0.571. The second-order valence-corrected chi connectivity index (χ2v) is 5.04. The maximum atomic E-state index is 6.18. The van der Waals surface area contributed by atoms with Gasteiger partial charge in [-0.2, -0.15) is 0 Å². The van der Waals surface area contributed by atoms with Gasteiger partial charge in [0.1, 0.15) is 0 Å². The van der Waals surface area contributed by atoms with Crippen LogP contribution < -0.4 is 5.32 Å². The second-order valence-electron chi connectivity index (χ2n) is 4.23. The molecule has 0 fully saturated rings. The number of methoxy groups -OCH3 is 1. The van der Waals surface area contributed by atoms with Crippen LogP contribution >= 0.6 is 23.2 Å². The molecule has 1 aromatic carbocycles. The standard InChI is InChI=1S/C14H21Cl2NO2/c1-3-17-11(10-19-8-7-18-2)9-12-13(15)5-4-6-14(12)16/h4-6,11,17H,3,7-10H2,1-2H3. The molecule has 0 amide bonds. The van der Waals surface area contributed by atoms with Crippen LogP contribution in [0.2, 0.25) is 10.0 Å². The lowest BCUT2D eigenvalue weighted by Gasteiger charge is -2.19. The van der Waals surface area contributed by atoms with Gasteiger partial charge in [-0.15, -0.1) is 0 Å². The van der Waals surface area contributed by atoms with Crippen LogP contribution in [0.4, 0.5) is 0 Å². The summed E-state index contributed by atoms with van der Waals surface area (Å²) in [5, 5.41) is 4.78. The van der Waals surface area contributed by atoms with E-state index in [4.69, 9.17) is 32.7 Å². The zero-order valence-corrected chi connectivity index (χ0v) is 12.9. The largest absolute Gasteiger partial charge is 0.382 e. The lowest BCUT2D eigenvalue weighted by atomic mass is 10.1. The predicted molar refractivity (Wildman–Crippen MR) is 80.3 cm³/mol. The van der Waals surface area contributed by atoms with Crippen LogP contribution in [0.1, 0.15) is 12.5 Å². The van der Waals surface area contributed by atoms with Crippen LogP contribution in [0.25, 0.3) is 0 Å². The Kier molecular flexibility index (Phi) is 8.42. The molecule has 0 spiro atoms. The second kappa shape index (κ2) is 9.56. The molecule has 19 heavy (non-hydrogen) atoms. The minimum Gasteiger partial charge on any atom is -0.382 e. The number of halogens is 2. The molecule has 0 aromatic heterocycles. The first-order valence-electron chi connectivity index (χ1n) is 6.42. The highest BCUT2D eigenvalue weighted by Gasteiger charge is 2.13. The van der Waals surface area contributed by atoms with E-state index in [1.165, 1.54) is 0 Å². The molecule has 3 nitrogen and oxygen atoms in total. The van der Waals surface area contributed by atoms with Crippen LogP contribution in [0.15, 0.2) is 18.2 Å². The molecule has 1 N–H and O–H groups in total. The molecule has 0 saturated heterocycles. The van der Waals surface area contributed by atoms with Crippen molar-refractivity contribution in [3.63, 3.8) is 0 Å². The van der Waals surface area contributed by atoms with E-state index >= 15 is 0 Å². The number of likely N-dealkylation sites (N-methyl/N-ethyl adjacent to an activating group) is 1. The Morgan fingerprint density at radius 2 is 1.89 bits per heavy atom. The zero-order valence-electron chi connectivity index (χ0n) is 11.4. The quantitative estimate of drug-likeness (QED) is 0.711. The average molecular weight is 306 g/mol. The summed E-state index contributed by atoms with van der Waals surface area (Å²) >= 11 is 12.4. The van der Waals surface area contributed by atoms with E-state index in [1.807, 2.05) is 18.2 Å². The van der Waals surface area contributed by atoms with Gasteiger partial charge in [0, 0.05) is 23.2 Å². The Labute approximate surface area is 125 Å². The van der Waals surface area contributed by atoms with Crippen LogP contribution in [-0.4, -0.2) is 39.5 Å². The first-order valence-corrected chi connectivity index (χ1v) is 7.17. The van der Waals surface area contributed by atoms with Gasteiger partial charge >= 0.3 is 0 Å². The summed E-state index contributed by atoms with van der Waals surface area (Å²) < 4.78 is 10.5. The first kappa shape index (κ1) is 16.7. The molecule has 0 aliphatic carbocycles.